The van der Waals surface area contributed by atoms with Gasteiger partial charge in [-0.15, -0.1) is 11.3 Å². The zero-order valence-electron chi connectivity index (χ0n) is 12.7. The summed E-state index contributed by atoms with van der Waals surface area (Å²) in [6.45, 7) is 1.66. The van der Waals surface area contributed by atoms with Gasteiger partial charge in [-0.05, 0) is 36.1 Å². The quantitative estimate of drug-likeness (QED) is 0.747. The van der Waals surface area contributed by atoms with E-state index < -0.39 is 11.3 Å². The summed E-state index contributed by atoms with van der Waals surface area (Å²) in [5.74, 6) is -0.0684. The molecule has 0 unspecified atom stereocenters. The van der Waals surface area contributed by atoms with Crippen molar-refractivity contribution in [3.63, 3.8) is 0 Å². The maximum absolute atomic E-state index is 12.5. The van der Waals surface area contributed by atoms with Crippen molar-refractivity contribution in [1.82, 2.24) is 4.57 Å². The van der Waals surface area contributed by atoms with E-state index in [-0.39, 0.29) is 11.3 Å². The molecule has 0 aliphatic rings. The molecule has 0 amide bonds. The molecule has 6 heteroatoms. The second-order valence-electron chi connectivity index (χ2n) is 5.15. The van der Waals surface area contributed by atoms with Gasteiger partial charge in [0.25, 0.3) is 5.56 Å². The molecule has 1 aromatic carbocycles. The van der Waals surface area contributed by atoms with Crippen LogP contribution in [0.4, 0.5) is 0 Å². The van der Waals surface area contributed by atoms with Crippen LogP contribution in [0, 0.1) is 0 Å². The molecule has 0 saturated heterocycles. The number of benzene rings is 1. The van der Waals surface area contributed by atoms with Crippen LogP contribution in [-0.4, -0.2) is 22.6 Å². The average Bonchev–Trinajstić information content (AvgIpc) is 3.01. The maximum Gasteiger partial charge on any atom is 0.294 e. The Bertz CT molecular complexity index is 938. The third-order valence-corrected chi connectivity index (χ3v) is 4.62. The molecule has 0 radical (unpaired) electrons. The molecule has 0 saturated carbocycles. The highest BCUT2D eigenvalue weighted by Gasteiger charge is 2.20. The highest BCUT2D eigenvalue weighted by atomic mass is 32.1. The third-order valence-electron chi connectivity index (χ3n) is 3.70. The monoisotopic (exact) mass is 329 g/mol. The number of aromatic hydroxyl groups is 1. The van der Waals surface area contributed by atoms with Crippen molar-refractivity contribution >= 4 is 27.3 Å². The van der Waals surface area contributed by atoms with E-state index in [0.717, 1.165) is 11.3 Å². The molecular weight excluding hydrogens is 314 g/mol. The van der Waals surface area contributed by atoms with Crippen LogP contribution in [0.25, 0.3) is 10.2 Å². The molecule has 23 heavy (non-hydrogen) atoms. The van der Waals surface area contributed by atoms with E-state index in [9.17, 15) is 14.7 Å². The molecule has 118 valence electrons. The number of ether oxygens (including phenoxy) is 1. The maximum atomic E-state index is 12.5. The second kappa shape index (κ2) is 5.89. The van der Waals surface area contributed by atoms with Crippen LogP contribution in [0.2, 0.25) is 0 Å². The zero-order chi connectivity index (χ0) is 16.6. The zero-order valence-corrected chi connectivity index (χ0v) is 13.5. The largest absolute Gasteiger partial charge is 0.502 e. The topological polar surface area (TPSA) is 68.5 Å². The summed E-state index contributed by atoms with van der Waals surface area (Å²) in [6, 6.07) is 9.14. The number of ketones is 1. The first-order valence-corrected chi connectivity index (χ1v) is 7.87. The Hall–Kier alpha value is -2.60. The van der Waals surface area contributed by atoms with Gasteiger partial charge in [0.15, 0.2) is 11.5 Å². The molecule has 0 spiro atoms. The van der Waals surface area contributed by atoms with Gasteiger partial charge < -0.3 is 9.84 Å². The van der Waals surface area contributed by atoms with Crippen LogP contribution in [-0.2, 0) is 6.54 Å². The van der Waals surface area contributed by atoms with E-state index in [1.807, 2.05) is 24.3 Å². The number of thiophene rings is 1. The number of hydrogen-bond acceptors (Lipinski definition) is 5. The first-order valence-electron chi connectivity index (χ1n) is 6.99. The summed E-state index contributed by atoms with van der Waals surface area (Å²) in [6.07, 6.45) is 0. The molecule has 2 aromatic heterocycles. The van der Waals surface area contributed by atoms with Gasteiger partial charge in [-0.3, -0.25) is 14.2 Å². The Morgan fingerprint density at radius 2 is 1.96 bits per heavy atom. The SMILES string of the molecule is COc1ccc(Cn2c(=O)c(O)c(C(C)=O)c3sccc32)cc1. The summed E-state index contributed by atoms with van der Waals surface area (Å²) in [4.78, 5) is 24.2. The lowest BCUT2D eigenvalue weighted by Gasteiger charge is -2.12. The van der Waals surface area contributed by atoms with Crippen LogP contribution in [0.3, 0.4) is 0 Å². The number of fused-ring (bicyclic) bond motifs is 1. The smallest absolute Gasteiger partial charge is 0.294 e. The van der Waals surface area contributed by atoms with Crippen molar-refractivity contribution in [2.24, 2.45) is 0 Å². The molecule has 3 rings (SSSR count). The van der Waals surface area contributed by atoms with Crippen LogP contribution in [0.15, 0.2) is 40.5 Å². The van der Waals surface area contributed by atoms with Gasteiger partial charge in [0.1, 0.15) is 5.75 Å². The number of aromatic nitrogens is 1. The molecule has 1 N–H and O–H groups in total. The van der Waals surface area contributed by atoms with Gasteiger partial charge in [0.2, 0.25) is 0 Å². The lowest BCUT2D eigenvalue weighted by molar-refractivity contribution is 0.101. The highest BCUT2D eigenvalue weighted by molar-refractivity contribution is 7.17. The normalized spacial score (nSPS) is 10.9. The molecule has 0 fully saturated rings. The van der Waals surface area contributed by atoms with Crippen LogP contribution in [0.5, 0.6) is 11.5 Å². The van der Waals surface area contributed by atoms with Crippen molar-refractivity contribution in [2.45, 2.75) is 13.5 Å². The first-order chi connectivity index (χ1) is 11.0. The van der Waals surface area contributed by atoms with Crippen molar-refractivity contribution < 1.29 is 14.6 Å². The standard InChI is InChI=1S/C17H15NO4S/c1-10(19)14-15(20)17(21)18(13-7-8-23-16(13)14)9-11-3-5-12(22-2)6-4-11/h3-8,20H,9H2,1-2H3. The minimum Gasteiger partial charge on any atom is -0.502 e. The first kappa shape index (κ1) is 15.3. The molecule has 2 heterocycles. The highest BCUT2D eigenvalue weighted by Crippen LogP contribution is 2.29. The summed E-state index contributed by atoms with van der Waals surface area (Å²) >= 11 is 1.34. The molecule has 0 atom stereocenters. The Morgan fingerprint density at radius 3 is 2.57 bits per heavy atom. The fourth-order valence-electron chi connectivity index (χ4n) is 2.55. The second-order valence-corrected chi connectivity index (χ2v) is 6.07. The van der Waals surface area contributed by atoms with Crippen molar-refractivity contribution in [3.8, 4) is 11.5 Å². The molecular formula is C17H15NO4S. The molecule has 5 nitrogen and oxygen atoms in total. The van der Waals surface area contributed by atoms with Gasteiger partial charge in [-0.1, -0.05) is 12.1 Å². The van der Waals surface area contributed by atoms with Gasteiger partial charge in [-0.25, -0.2) is 0 Å². The van der Waals surface area contributed by atoms with E-state index >= 15 is 0 Å². The van der Waals surface area contributed by atoms with E-state index in [4.69, 9.17) is 4.74 Å². The fraction of sp³-hybridized carbons (Fsp3) is 0.176. The number of carbonyl (C=O) groups is 1. The molecule has 0 bridgehead atoms. The number of methoxy groups -OCH3 is 1. The van der Waals surface area contributed by atoms with Gasteiger partial charge in [0.05, 0.1) is 29.4 Å². The summed E-state index contributed by atoms with van der Waals surface area (Å²) in [7, 11) is 1.59. The summed E-state index contributed by atoms with van der Waals surface area (Å²) in [5, 5.41) is 12.0. The van der Waals surface area contributed by atoms with Gasteiger partial charge >= 0.3 is 0 Å². The van der Waals surface area contributed by atoms with Crippen molar-refractivity contribution in [2.75, 3.05) is 7.11 Å². The van der Waals surface area contributed by atoms with Crippen LogP contribution in [0.1, 0.15) is 22.8 Å². The van der Waals surface area contributed by atoms with E-state index in [2.05, 4.69) is 0 Å². The van der Waals surface area contributed by atoms with Gasteiger partial charge in [0, 0.05) is 0 Å². The number of nitrogens with zero attached hydrogens (tertiary/aromatic N) is 1. The minimum atomic E-state index is -0.558. The molecule has 0 aliphatic carbocycles. The van der Waals surface area contributed by atoms with E-state index in [1.54, 1.807) is 18.6 Å². The summed E-state index contributed by atoms with van der Waals surface area (Å²) in [5.41, 5.74) is 1.09. The van der Waals surface area contributed by atoms with Crippen LogP contribution >= 0.6 is 11.3 Å². The third kappa shape index (κ3) is 2.61. The fourth-order valence-corrected chi connectivity index (χ4v) is 3.54. The number of rotatable bonds is 4. The van der Waals surface area contributed by atoms with E-state index in [1.165, 1.54) is 22.8 Å². The Kier molecular flexibility index (Phi) is 3.92. The Morgan fingerprint density at radius 1 is 1.26 bits per heavy atom. The lowest BCUT2D eigenvalue weighted by atomic mass is 10.1. The Labute approximate surface area is 136 Å². The van der Waals surface area contributed by atoms with E-state index in [0.29, 0.717) is 16.8 Å². The number of pyridine rings is 1. The average molecular weight is 329 g/mol. The minimum absolute atomic E-state index is 0.103. The predicted molar refractivity (Wildman–Crippen MR) is 89.9 cm³/mol. The summed E-state index contributed by atoms with van der Waals surface area (Å²) < 4.78 is 7.23. The number of carbonyl (C=O) groups excluding carboxylic acids is 1. The number of hydrogen-bond donors (Lipinski definition) is 1. The molecule has 0 aliphatic heterocycles. The van der Waals surface area contributed by atoms with Crippen molar-refractivity contribution in [1.29, 1.82) is 0 Å². The predicted octanol–water partition coefficient (Wildman–Crippen LogP) is 3.03. The van der Waals surface area contributed by atoms with Gasteiger partial charge in [-0.2, -0.15) is 0 Å². The molecule has 3 aromatic rings. The van der Waals surface area contributed by atoms with Crippen molar-refractivity contribution in [3.05, 3.63) is 57.2 Å². The lowest BCUT2D eigenvalue weighted by Crippen LogP contribution is -2.22. The number of Topliss-reactive ketones (excluding diaryl/α,β-unsaturated/α-hetero) is 1. The van der Waals surface area contributed by atoms with Crippen LogP contribution < -0.4 is 10.3 Å². The Balaban J connectivity index is 2.16.